The van der Waals surface area contributed by atoms with Crippen LogP contribution in [-0.4, -0.2) is 18.6 Å². The molecule has 2 aromatic rings. The van der Waals surface area contributed by atoms with Crippen molar-refractivity contribution in [2.24, 2.45) is 0 Å². The highest BCUT2D eigenvalue weighted by molar-refractivity contribution is 5.91. The number of alkyl carbamates (subject to hydrolysis) is 1. The van der Waals surface area contributed by atoms with E-state index < -0.39 is 23.9 Å². The number of carbonyl (C=O) groups excluding carboxylic acids is 2. The average molecular weight is 330 g/mol. The molecule has 0 aliphatic carbocycles. The van der Waals surface area contributed by atoms with Crippen molar-refractivity contribution in [1.29, 1.82) is 0 Å². The second-order valence-corrected chi connectivity index (χ2v) is 5.06. The molecule has 6 heteroatoms. The van der Waals surface area contributed by atoms with E-state index in [1.54, 1.807) is 31.2 Å². The fourth-order valence-electron chi connectivity index (χ4n) is 2.20. The second kappa shape index (κ2) is 8.67. The van der Waals surface area contributed by atoms with Gasteiger partial charge in [-0.1, -0.05) is 42.5 Å². The smallest absolute Gasteiger partial charge is 0.407 e. The number of hydrogen-bond donors (Lipinski definition) is 2. The van der Waals surface area contributed by atoms with Crippen molar-refractivity contribution in [3.05, 3.63) is 66.0 Å². The Morgan fingerprint density at radius 1 is 1.08 bits per heavy atom. The zero-order valence-electron chi connectivity index (χ0n) is 13.3. The van der Waals surface area contributed by atoms with Crippen LogP contribution in [0.1, 0.15) is 24.9 Å². The fourth-order valence-corrected chi connectivity index (χ4v) is 2.20. The van der Waals surface area contributed by atoms with E-state index in [0.29, 0.717) is 0 Å². The Morgan fingerprint density at radius 2 is 1.75 bits per heavy atom. The van der Waals surface area contributed by atoms with Crippen LogP contribution < -0.4 is 10.6 Å². The van der Waals surface area contributed by atoms with Crippen LogP contribution >= 0.6 is 0 Å². The highest BCUT2D eigenvalue weighted by Crippen LogP contribution is 2.19. The van der Waals surface area contributed by atoms with E-state index in [9.17, 15) is 14.0 Å². The number of hydrogen-bond acceptors (Lipinski definition) is 3. The van der Waals surface area contributed by atoms with Crippen molar-refractivity contribution in [2.45, 2.75) is 19.4 Å². The first-order valence-corrected chi connectivity index (χ1v) is 7.62. The van der Waals surface area contributed by atoms with Gasteiger partial charge in [-0.2, -0.15) is 0 Å². The number of benzene rings is 2. The summed E-state index contributed by atoms with van der Waals surface area (Å²) in [5.41, 5.74) is 0.861. The minimum absolute atomic E-state index is 0.0445. The number of ether oxygens (including phenoxy) is 1. The van der Waals surface area contributed by atoms with Crippen LogP contribution in [0.4, 0.5) is 14.9 Å². The zero-order chi connectivity index (χ0) is 17.4. The Hall–Kier alpha value is -2.89. The normalized spacial score (nSPS) is 11.4. The van der Waals surface area contributed by atoms with Crippen LogP contribution in [0.5, 0.6) is 0 Å². The Bertz CT molecular complexity index is 692. The third-order valence-electron chi connectivity index (χ3n) is 3.31. The van der Waals surface area contributed by atoms with Crippen LogP contribution in [0, 0.1) is 5.82 Å². The molecule has 2 amide bonds. The third kappa shape index (κ3) is 5.08. The predicted octanol–water partition coefficient (Wildman–Crippen LogP) is 3.64. The van der Waals surface area contributed by atoms with Gasteiger partial charge in [0.25, 0.3) is 0 Å². The molecule has 2 N–H and O–H groups in total. The molecule has 2 aromatic carbocycles. The topological polar surface area (TPSA) is 67.4 Å². The first kappa shape index (κ1) is 17.5. The molecule has 0 radical (unpaired) electrons. The molecule has 0 spiro atoms. The second-order valence-electron chi connectivity index (χ2n) is 5.06. The summed E-state index contributed by atoms with van der Waals surface area (Å²) in [5.74, 6) is -0.925. The van der Waals surface area contributed by atoms with Gasteiger partial charge in [-0.05, 0) is 24.6 Å². The van der Waals surface area contributed by atoms with E-state index in [2.05, 4.69) is 10.6 Å². The fraction of sp³-hybridized carbons (Fsp3) is 0.222. The minimum atomic E-state index is -0.606. The van der Waals surface area contributed by atoms with Gasteiger partial charge in [0.1, 0.15) is 5.82 Å². The Morgan fingerprint density at radius 3 is 2.42 bits per heavy atom. The Kier molecular flexibility index (Phi) is 6.31. The quantitative estimate of drug-likeness (QED) is 0.850. The number of nitrogens with one attached hydrogen (secondary N) is 2. The number of rotatable bonds is 6. The summed E-state index contributed by atoms with van der Waals surface area (Å²) < 4.78 is 18.5. The Balaban J connectivity index is 2.08. The van der Waals surface area contributed by atoms with Crippen LogP contribution in [0.3, 0.4) is 0 Å². The SMILES string of the molecule is CCOC(=O)N[C@H](CC(=O)Nc1ccccc1F)c1ccccc1. The Labute approximate surface area is 139 Å². The maximum absolute atomic E-state index is 13.6. The number of anilines is 1. The van der Waals surface area contributed by atoms with Gasteiger partial charge in [0.15, 0.2) is 0 Å². The summed E-state index contributed by atoms with van der Waals surface area (Å²) in [6.45, 7) is 1.93. The first-order chi connectivity index (χ1) is 11.6. The van der Waals surface area contributed by atoms with E-state index in [4.69, 9.17) is 4.74 Å². The molecule has 0 aliphatic rings. The van der Waals surface area contributed by atoms with E-state index in [1.165, 1.54) is 12.1 Å². The number of para-hydroxylation sites is 1. The zero-order valence-corrected chi connectivity index (χ0v) is 13.3. The number of halogens is 1. The van der Waals surface area contributed by atoms with Crippen LogP contribution in [0.2, 0.25) is 0 Å². The minimum Gasteiger partial charge on any atom is -0.450 e. The standard InChI is InChI=1S/C18H19FN2O3/c1-2-24-18(23)21-16(13-8-4-3-5-9-13)12-17(22)20-15-11-7-6-10-14(15)19/h3-11,16H,2,12H2,1H3,(H,20,22)(H,21,23)/t16-/m1/s1. The summed E-state index contributed by atoms with van der Waals surface area (Å²) in [6.07, 6.45) is -0.651. The summed E-state index contributed by atoms with van der Waals surface area (Å²) in [6, 6.07) is 14.4. The van der Waals surface area contributed by atoms with E-state index in [0.717, 1.165) is 5.56 Å². The maximum atomic E-state index is 13.6. The van der Waals surface area contributed by atoms with Crippen molar-refractivity contribution in [2.75, 3.05) is 11.9 Å². The molecule has 0 unspecified atom stereocenters. The molecule has 24 heavy (non-hydrogen) atoms. The summed E-state index contributed by atoms with van der Waals surface area (Å²) in [5, 5.41) is 5.16. The molecule has 1 atom stereocenters. The predicted molar refractivity (Wildman–Crippen MR) is 89.0 cm³/mol. The number of amides is 2. The first-order valence-electron chi connectivity index (χ1n) is 7.62. The molecule has 126 valence electrons. The van der Waals surface area contributed by atoms with Crippen molar-refractivity contribution < 1.29 is 18.7 Å². The lowest BCUT2D eigenvalue weighted by Gasteiger charge is -2.18. The maximum Gasteiger partial charge on any atom is 0.407 e. The molecule has 0 heterocycles. The van der Waals surface area contributed by atoms with Crippen molar-refractivity contribution >= 4 is 17.7 Å². The molecule has 0 aromatic heterocycles. The van der Waals surface area contributed by atoms with Gasteiger partial charge in [0.2, 0.25) is 5.91 Å². The highest BCUT2D eigenvalue weighted by atomic mass is 19.1. The van der Waals surface area contributed by atoms with Gasteiger partial charge in [-0.25, -0.2) is 9.18 Å². The van der Waals surface area contributed by atoms with Crippen molar-refractivity contribution in [3.8, 4) is 0 Å². The molecule has 0 saturated carbocycles. The molecular weight excluding hydrogens is 311 g/mol. The van der Waals surface area contributed by atoms with Crippen LogP contribution in [-0.2, 0) is 9.53 Å². The van der Waals surface area contributed by atoms with Crippen molar-refractivity contribution in [1.82, 2.24) is 5.32 Å². The van der Waals surface area contributed by atoms with E-state index in [1.807, 2.05) is 18.2 Å². The van der Waals surface area contributed by atoms with E-state index in [-0.39, 0.29) is 18.7 Å². The number of carbonyl (C=O) groups is 2. The molecule has 0 aliphatic heterocycles. The third-order valence-corrected chi connectivity index (χ3v) is 3.31. The summed E-state index contributed by atoms with van der Waals surface area (Å²) in [7, 11) is 0. The van der Waals surface area contributed by atoms with Crippen LogP contribution in [0.25, 0.3) is 0 Å². The lowest BCUT2D eigenvalue weighted by atomic mass is 10.0. The van der Waals surface area contributed by atoms with Gasteiger partial charge >= 0.3 is 6.09 Å². The molecule has 2 rings (SSSR count). The summed E-state index contributed by atoms with van der Waals surface area (Å²) in [4.78, 5) is 23.9. The molecule has 0 saturated heterocycles. The summed E-state index contributed by atoms with van der Waals surface area (Å²) >= 11 is 0. The van der Waals surface area contributed by atoms with Crippen LogP contribution in [0.15, 0.2) is 54.6 Å². The van der Waals surface area contributed by atoms with E-state index >= 15 is 0 Å². The average Bonchev–Trinajstić information content (AvgIpc) is 2.57. The van der Waals surface area contributed by atoms with Crippen molar-refractivity contribution in [3.63, 3.8) is 0 Å². The van der Waals surface area contributed by atoms with Gasteiger partial charge in [0.05, 0.1) is 24.8 Å². The highest BCUT2D eigenvalue weighted by Gasteiger charge is 2.19. The molecule has 5 nitrogen and oxygen atoms in total. The van der Waals surface area contributed by atoms with Gasteiger partial charge in [-0.15, -0.1) is 0 Å². The lowest BCUT2D eigenvalue weighted by Crippen LogP contribution is -2.32. The van der Waals surface area contributed by atoms with Gasteiger partial charge in [0, 0.05) is 0 Å². The van der Waals surface area contributed by atoms with Gasteiger partial charge < -0.3 is 15.4 Å². The lowest BCUT2D eigenvalue weighted by molar-refractivity contribution is -0.116. The molecular formula is C18H19FN2O3. The largest absolute Gasteiger partial charge is 0.450 e. The monoisotopic (exact) mass is 330 g/mol. The van der Waals surface area contributed by atoms with Gasteiger partial charge in [-0.3, -0.25) is 4.79 Å². The molecule has 0 fully saturated rings. The molecule has 0 bridgehead atoms.